The van der Waals surface area contributed by atoms with E-state index in [1.807, 2.05) is 91.0 Å². The molecular weight excluding hydrogens is 457 g/mol. The van der Waals surface area contributed by atoms with Gasteiger partial charge in [-0.15, -0.1) is 0 Å². The number of carbonyl (C=O) groups excluding carboxylic acids is 1. The second kappa shape index (κ2) is 9.49. The SMILES string of the molecule is O=C(C=P(c1ccccc1)(c1ccccc1)c1ccccc1)ON=c1c(=O)c2ccccc2c1=O. The normalized spacial score (nSPS) is 11.2. The zero-order chi connectivity index (χ0) is 24.3. The van der Waals surface area contributed by atoms with Gasteiger partial charge in [0.25, 0.3) is 0 Å². The minimum absolute atomic E-state index is 0.260. The molecule has 170 valence electrons. The summed E-state index contributed by atoms with van der Waals surface area (Å²) in [5.41, 5.74) is -1.10. The van der Waals surface area contributed by atoms with Crippen LogP contribution in [0.5, 0.6) is 0 Å². The lowest BCUT2D eigenvalue weighted by molar-refractivity contribution is -0.135. The Hall–Kier alpha value is -4.34. The first-order chi connectivity index (χ1) is 17.1. The summed E-state index contributed by atoms with van der Waals surface area (Å²) in [5, 5.41) is 6.73. The fourth-order valence-corrected chi connectivity index (χ4v) is 7.89. The Morgan fingerprint density at radius 2 is 0.971 bits per heavy atom. The van der Waals surface area contributed by atoms with Gasteiger partial charge in [-0.05, 0) is 22.8 Å². The third-order valence-electron chi connectivity index (χ3n) is 5.86. The number of fused-ring (bicyclic) bond motifs is 1. The van der Waals surface area contributed by atoms with Gasteiger partial charge >= 0.3 is 5.97 Å². The lowest BCUT2D eigenvalue weighted by Gasteiger charge is -2.27. The molecule has 6 heteroatoms. The molecule has 5 nitrogen and oxygen atoms in total. The summed E-state index contributed by atoms with van der Waals surface area (Å²) in [6.07, 6.45) is 0. The Kier molecular flexibility index (Phi) is 6.09. The smallest absolute Gasteiger partial charge is 0.313 e. The van der Waals surface area contributed by atoms with Crippen molar-refractivity contribution >= 4 is 45.3 Å². The van der Waals surface area contributed by atoms with Crippen LogP contribution in [0.2, 0.25) is 0 Å². The third-order valence-corrected chi connectivity index (χ3v) is 9.80. The maximum absolute atomic E-state index is 13.2. The van der Waals surface area contributed by atoms with Crippen molar-refractivity contribution in [3.63, 3.8) is 0 Å². The molecule has 35 heavy (non-hydrogen) atoms. The van der Waals surface area contributed by atoms with Crippen molar-refractivity contribution in [1.82, 2.24) is 0 Å². The van der Waals surface area contributed by atoms with Crippen LogP contribution in [0.25, 0.3) is 10.8 Å². The zero-order valence-electron chi connectivity index (χ0n) is 18.6. The number of nitrogens with zero attached hydrogens (tertiary/aromatic N) is 1. The van der Waals surface area contributed by atoms with E-state index < -0.39 is 29.1 Å². The lowest BCUT2D eigenvalue weighted by Crippen LogP contribution is -2.33. The lowest BCUT2D eigenvalue weighted by atomic mass is 10.2. The van der Waals surface area contributed by atoms with Gasteiger partial charge in [-0.2, -0.15) is 0 Å². The Balaban J connectivity index is 1.71. The molecule has 0 saturated carbocycles. The Bertz CT molecular complexity index is 1570. The molecule has 0 atom stereocenters. The average molecular weight is 477 g/mol. The van der Waals surface area contributed by atoms with E-state index in [1.54, 1.807) is 30.1 Å². The van der Waals surface area contributed by atoms with Crippen molar-refractivity contribution < 1.29 is 9.63 Å². The molecule has 0 heterocycles. The summed E-state index contributed by atoms with van der Waals surface area (Å²) in [6, 6.07) is 35.8. The third kappa shape index (κ3) is 4.07. The summed E-state index contributed by atoms with van der Waals surface area (Å²) in [5.74, 6) is 0.813. The summed E-state index contributed by atoms with van der Waals surface area (Å²) in [6.45, 7) is -2.60. The van der Waals surface area contributed by atoms with Crippen LogP contribution in [0.3, 0.4) is 0 Å². The number of hydrogen-bond donors (Lipinski definition) is 0. The average Bonchev–Trinajstić information content (AvgIpc) is 3.17. The number of carbonyl (C=O) groups is 1. The quantitative estimate of drug-likeness (QED) is 0.222. The van der Waals surface area contributed by atoms with Crippen molar-refractivity contribution in [2.75, 3.05) is 0 Å². The van der Waals surface area contributed by atoms with Crippen LogP contribution in [-0.4, -0.2) is 11.8 Å². The van der Waals surface area contributed by atoms with Gasteiger partial charge in [0.05, 0.1) is 0 Å². The van der Waals surface area contributed by atoms with E-state index in [0.717, 1.165) is 15.9 Å². The van der Waals surface area contributed by atoms with Gasteiger partial charge in [-0.3, -0.25) is 9.59 Å². The van der Waals surface area contributed by atoms with Gasteiger partial charge in [0.15, 0.2) is 5.36 Å². The summed E-state index contributed by atoms with van der Waals surface area (Å²) in [7, 11) is 0. The molecule has 5 rings (SSSR count). The number of hydrogen-bond acceptors (Lipinski definition) is 5. The van der Waals surface area contributed by atoms with Crippen LogP contribution < -0.4 is 32.1 Å². The standard InChI is InChI=1S/C29H20NO4P/c31-26(34-30-27-28(32)24-18-10-11-19-25(24)29(27)33)20-35(21-12-4-1-5-13-21,22-14-6-2-7-15-22)23-16-8-3-9-17-23/h1-20H. The van der Waals surface area contributed by atoms with Crippen molar-refractivity contribution in [1.29, 1.82) is 0 Å². The van der Waals surface area contributed by atoms with Gasteiger partial charge < -0.3 is 4.84 Å². The fraction of sp³-hybridized carbons (Fsp3) is 0. The summed E-state index contributed by atoms with van der Waals surface area (Å²) >= 11 is 0. The fourth-order valence-electron chi connectivity index (χ4n) is 4.25. The molecule has 0 aliphatic carbocycles. The van der Waals surface area contributed by atoms with Gasteiger partial charge in [0, 0.05) is 16.6 Å². The monoisotopic (exact) mass is 477 g/mol. The minimum Gasteiger partial charge on any atom is -0.313 e. The van der Waals surface area contributed by atoms with Crippen LogP contribution in [0, 0.1) is 0 Å². The Morgan fingerprint density at radius 1 is 0.600 bits per heavy atom. The predicted octanol–water partition coefficient (Wildman–Crippen LogP) is 2.59. The van der Waals surface area contributed by atoms with Gasteiger partial charge in [-0.25, -0.2) is 4.79 Å². The van der Waals surface area contributed by atoms with Crippen LogP contribution in [0.4, 0.5) is 0 Å². The topological polar surface area (TPSA) is 72.8 Å². The van der Waals surface area contributed by atoms with Crippen molar-refractivity contribution in [3.05, 3.63) is 141 Å². The molecule has 0 aromatic heterocycles. The first-order valence-corrected chi connectivity index (χ1v) is 12.9. The molecule has 0 amide bonds. The number of rotatable bonds is 5. The van der Waals surface area contributed by atoms with Gasteiger partial charge in [-0.1, -0.05) is 120 Å². The molecule has 0 N–H and O–H groups in total. The van der Waals surface area contributed by atoms with E-state index >= 15 is 0 Å². The molecule has 5 aromatic carbocycles. The maximum Gasteiger partial charge on any atom is 0.359 e. The van der Waals surface area contributed by atoms with E-state index in [-0.39, 0.29) is 10.8 Å². The summed E-state index contributed by atoms with van der Waals surface area (Å²) < 4.78 is 0. The van der Waals surface area contributed by atoms with Crippen molar-refractivity contribution in [2.45, 2.75) is 0 Å². The van der Waals surface area contributed by atoms with E-state index in [0.29, 0.717) is 0 Å². The minimum atomic E-state index is -2.60. The molecule has 0 unspecified atom stereocenters. The second-order valence-corrected chi connectivity index (χ2v) is 11.2. The molecule has 0 fully saturated rings. The molecule has 5 aromatic rings. The first-order valence-electron chi connectivity index (χ1n) is 11.0. The van der Waals surface area contributed by atoms with Crippen LogP contribution in [0.1, 0.15) is 0 Å². The van der Waals surface area contributed by atoms with Gasteiger partial charge in [0.1, 0.15) is 0 Å². The predicted molar refractivity (Wildman–Crippen MR) is 142 cm³/mol. The molecule has 0 aliphatic rings. The summed E-state index contributed by atoms with van der Waals surface area (Å²) in [4.78, 5) is 43.7. The molecule has 0 bridgehead atoms. The second-order valence-electron chi connectivity index (χ2n) is 7.91. The van der Waals surface area contributed by atoms with E-state index in [9.17, 15) is 14.4 Å². The first kappa shape index (κ1) is 22.5. The zero-order valence-corrected chi connectivity index (χ0v) is 19.5. The Morgan fingerprint density at radius 3 is 1.37 bits per heavy atom. The highest BCUT2D eigenvalue weighted by molar-refractivity contribution is 7.95. The van der Waals surface area contributed by atoms with E-state index in [4.69, 9.17) is 4.84 Å². The van der Waals surface area contributed by atoms with E-state index in [1.165, 1.54) is 0 Å². The maximum atomic E-state index is 13.2. The van der Waals surface area contributed by atoms with Crippen LogP contribution in [0.15, 0.2) is 130 Å². The Labute approximate surface area is 201 Å². The van der Waals surface area contributed by atoms with Crippen molar-refractivity contribution in [2.24, 2.45) is 5.16 Å². The van der Waals surface area contributed by atoms with Crippen LogP contribution >= 0.6 is 6.89 Å². The molecular formula is C29H20NO4P. The number of benzene rings is 4. The van der Waals surface area contributed by atoms with Crippen LogP contribution in [-0.2, 0) is 9.63 Å². The highest BCUT2D eigenvalue weighted by Crippen LogP contribution is 2.43. The highest BCUT2D eigenvalue weighted by Gasteiger charge is 2.27. The molecule has 0 radical (unpaired) electrons. The molecule has 0 saturated heterocycles. The molecule has 0 aliphatic heterocycles. The highest BCUT2D eigenvalue weighted by atomic mass is 31.2. The molecule has 0 spiro atoms. The van der Waals surface area contributed by atoms with Crippen molar-refractivity contribution in [3.8, 4) is 0 Å². The van der Waals surface area contributed by atoms with E-state index in [2.05, 4.69) is 5.16 Å². The van der Waals surface area contributed by atoms with Gasteiger partial charge in [0.2, 0.25) is 10.9 Å². The largest absolute Gasteiger partial charge is 0.359 e.